The van der Waals surface area contributed by atoms with E-state index in [9.17, 15) is 9.59 Å². The molecule has 5 N–H and O–H groups in total. The number of hydrogen-bond acceptors (Lipinski definition) is 6. The Morgan fingerprint density at radius 2 is 2.03 bits per heavy atom. The summed E-state index contributed by atoms with van der Waals surface area (Å²) in [4.78, 5) is 41.0. The number of aliphatic carboxylic acids is 1. The van der Waals surface area contributed by atoms with Crippen molar-refractivity contribution in [3.05, 3.63) is 30.1 Å². The highest BCUT2D eigenvalue weighted by atomic mass is 16.5. The molecule has 2 aromatic rings. The van der Waals surface area contributed by atoms with Crippen molar-refractivity contribution >= 4 is 28.8 Å². The van der Waals surface area contributed by atoms with Crippen molar-refractivity contribution in [2.45, 2.75) is 38.3 Å². The fraction of sp³-hybridized carbons (Fsp3) is 0.500. The first-order chi connectivity index (χ1) is 14.3. The summed E-state index contributed by atoms with van der Waals surface area (Å²) < 4.78 is 5.50. The number of hydrogen-bond donors (Lipinski definition) is 5. The maximum Gasteiger partial charge on any atom is 0.300 e. The molecule has 0 unspecified atom stereocenters. The van der Waals surface area contributed by atoms with Gasteiger partial charge in [-0.15, -0.1) is 0 Å². The third kappa shape index (κ3) is 6.53. The van der Waals surface area contributed by atoms with Crippen LogP contribution in [0.25, 0.3) is 11.0 Å². The second-order valence-corrected chi connectivity index (χ2v) is 7.03. The van der Waals surface area contributed by atoms with Crippen LogP contribution in [-0.2, 0) is 14.3 Å². The van der Waals surface area contributed by atoms with Crippen LogP contribution in [0.2, 0.25) is 0 Å². The van der Waals surface area contributed by atoms with Crippen LogP contribution < -0.4 is 10.6 Å². The van der Waals surface area contributed by atoms with Gasteiger partial charge in [0.1, 0.15) is 0 Å². The van der Waals surface area contributed by atoms with E-state index >= 15 is 0 Å². The molecule has 0 aliphatic heterocycles. The fourth-order valence-corrected chi connectivity index (χ4v) is 3.47. The minimum atomic E-state index is -0.833. The number of H-pyrrole nitrogens is 1. The molecule has 2 amide bonds. The summed E-state index contributed by atoms with van der Waals surface area (Å²) in [5.74, 6) is -1.33. The first-order valence-corrected chi connectivity index (χ1v) is 9.70. The molecular formula is C20H28N4O6. The van der Waals surface area contributed by atoms with Crippen LogP contribution in [0.4, 0.5) is 0 Å². The second kappa shape index (κ2) is 11.3. The molecule has 1 saturated carbocycles. The fourth-order valence-electron chi connectivity index (χ4n) is 3.47. The number of imidazole rings is 1. The van der Waals surface area contributed by atoms with Crippen molar-refractivity contribution in [3.8, 4) is 0 Å². The van der Waals surface area contributed by atoms with E-state index in [1.165, 1.54) is 0 Å². The molecule has 1 fully saturated rings. The lowest BCUT2D eigenvalue weighted by atomic mass is 9.83. The highest BCUT2D eigenvalue weighted by molar-refractivity contribution is 5.97. The molecule has 1 aliphatic carbocycles. The van der Waals surface area contributed by atoms with Crippen molar-refractivity contribution in [2.75, 3.05) is 20.3 Å². The number of aromatic amines is 1. The summed E-state index contributed by atoms with van der Waals surface area (Å²) in [7, 11) is 1.62. The number of benzene rings is 1. The Hall–Kier alpha value is -2.98. The van der Waals surface area contributed by atoms with Gasteiger partial charge in [0, 0.05) is 32.1 Å². The van der Waals surface area contributed by atoms with Crippen LogP contribution in [0.3, 0.4) is 0 Å². The number of ether oxygens (including phenoxy) is 1. The molecule has 10 heteroatoms. The number of nitrogens with zero attached hydrogens (tertiary/aromatic N) is 1. The van der Waals surface area contributed by atoms with Crippen molar-refractivity contribution < 1.29 is 29.3 Å². The monoisotopic (exact) mass is 420 g/mol. The first kappa shape index (κ1) is 23.3. The van der Waals surface area contributed by atoms with Crippen LogP contribution in [0.1, 0.15) is 36.5 Å². The minimum absolute atomic E-state index is 0.0879. The summed E-state index contributed by atoms with van der Waals surface area (Å²) >= 11 is 0. The van der Waals surface area contributed by atoms with Gasteiger partial charge in [0.05, 0.1) is 36.1 Å². The number of carboxylic acids is 1. The van der Waals surface area contributed by atoms with E-state index in [4.69, 9.17) is 19.7 Å². The van der Waals surface area contributed by atoms with Gasteiger partial charge in [0.15, 0.2) is 0 Å². The number of rotatable bonds is 6. The molecule has 1 heterocycles. The Bertz CT molecular complexity index is 864. The SMILES string of the molecule is CC(=O)O.CO[C@@H]1CC[C@H](C(=O)NCCO)C[C@H]1NC(=O)c1ccc2nc[nH]c2c1. The lowest BCUT2D eigenvalue weighted by Crippen LogP contribution is -2.50. The van der Waals surface area contributed by atoms with Crippen molar-refractivity contribution in [1.29, 1.82) is 0 Å². The normalized spacial score (nSPS) is 20.7. The van der Waals surface area contributed by atoms with Gasteiger partial charge in [0.2, 0.25) is 5.91 Å². The van der Waals surface area contributed by atoms with E-state index in [2.05, 4.69) is 20.6 Å². The van der Waals surface area contributed by atoms with Gasteiger partial charge in [0.25, 0.3) is 11.9 Å². The Morgan fingerprint density at radius 3 is 2.70 bits per heavy atom. The van der Waals surface area contributed by atoms with Crippen LogP contribution in [0, 0.1) is 5.92 Å². The maximum atomic E-state index is 12.7. The number of methoxy groups -OCH3 is 1. The molecule has 0 spiro atoms. The van der Waals surface area contributed by atoms with Gasteiger partial charge in [-0.25, -0.2) is 4.98 Å². The van der Waals surface area contributed by atoms with E-state index in [1.54, 1.807) is 31.6 Å². The molecule has 164 valence electrons. The van der Waals surface area contributed by atoms with Crippen LogP contribution >= 0.6 is 0 Å². The van der Waals surface area contributed by atoms with Crippen molar-refractivity contribution in [1.82, 2.24) is 20.6 Å². The molecule has 30 heavy (non-hydrogen) atoms. The van der Waals surface area contributed by atoms with Gasteiger partial charge in [-0.2, -0.15) is 0 Å². The Labute approximate surface area is 174 Å². The average molecular weight is 420 g/mol. The number of nitrogens with one attached hydrogen (secondary N) is 3. The number of fused-ring (bicyclic) bond motifs is 1. The molecule has 1 aromatic heterocycles. The number of aliphatic hydroxyl groups excluding tert-OH is 1. The molecule has 10 nitrogen and oxygen atoms in total. The predicted octanol–water partition coefficient (Wildman–Crippen LogP) is 0.676. The summed E-state index contributed by atoms with van der Waals surface area (Å²) in [6, 6.07) is 5.03. The van der Waals surface area contributed by atoms with Gasteiger partial charge in [-0.05, 0) is 37.5 Å². The molecule has 0 radical (unpaired) electrons. The van der Waals surface area contributed by atoms with Gasteiger partial charge in [-0.1, -0.05) is 0 Å². The molecule has 0 saturated heterocycles. The topological polar surface area (TPSA) is 154 Å². The van der Waals surface area contributed by atoms with Crippen molar-refractivity contribution in [3.63, 3.8) is 0 Å². The lowest BCUT2D eigenvalue weighted by molar-refractivity contribution is -0.134. The van der Waals surface area contributed by atoms with E-state index in [-0.39, 0.29) is 43.0 Å². The number of aliphatic hydroxyl groups is 1. The average Bonchev–Trinajstić information content (AvgIpc) is 3.19. The quantitative estimate of drug-likeness (QED) is 0.460. The highest BCUT2D eigenvalue weighted by Crippen LogP contribution is 2.27. The first-order valence-electron chi connectivity index (χ1n) is 9.70. The van der Waals surface area contributed by atoms with E-state index in [0.29, 0.717) is 24.8 Å². The second-order valence-electron chi connectivity index (χ2n) is 7.03. The van der Waals surface area contributed by atoms with E-state index < -0.39 is 5.97 Å². The predicted molar refractivity (Wildman–Crippen MR) is 109 cm³/mol. The number of aromatic nitrogens is 2. The molecular weight excluding hydrogens is 392 g/mol. The minimum Gasteiger partial charge on any atom is -0.481 e. The van der Waals surface area contributed by atoms with Crippen LogP contribution in [-0.4, -0.2) is 70.4 Å². The largest absolute Gasteiger partial charge is 0.481 e. The smallest absolute Gasteiger partial charge is 0.300 e. The molecule has 1 aromatic carbocycles. The number of carboxylic acid groups (broad SMARTS) is 1. The third-order valence-corrected chi connectivity index (χ3v) is 4.87. The summed E-state index contributed by atoms with van der Waals surface area (Å²) in [5.41, 5.74) is 2.13. The number of carbonyl (C=O) groups excluding carboxylic acids is 2. The van der Waals surface area contributed by atoms with Gasteiger partial charge >= 0.3 is 0 Å². The number of amides is 2. The van der Waals surface area contributed by atoms with Crippen LogP contribution in [0.15, 0.2) is 24.5 Å². The molecule has 1 aliphatic rings. The van der Waals surface area contributed by atoms with Gasteiger partial charge < -0.3 is 30.6 Å². The summed E-state index contributed by atoms with van der Waals surface area (Å²) in [6.07, 6.45) is 3.36. The van der Waals surface area contributed by atoms with Crippen molar-refractivity contribution in [2.24, 2.45) is 5.92 Å². The van der Waals surface area contributed by atoms with E-state index in [1.807, 2.05) is 0 Å². The third-order valence-electron chi connectivity index (χ3n) is 4.87. The van der Waals surface area contributed by atoms with E-state index in [0.717, 1.165) is 18.0 Å². The molecule has 3 rings (SSSR count). The zero-order valence-corrected chi connectivity index (χ0v) is 17.1. The van der Waals surface area contributed by atoms with Gasteiger partial charge in [-0.3, -0.25) is 14.4 Å². The zero-order chi connectivity index (χ0) is 22.1. The number of carbonyl (C=O) groups is 3. The Kier molecular flexibility index (Phi) is 8.75. The summed E-state index contributed by atoms with van der Waals surface area (Å²) in [6.45, 7) is 1.24. The highest BCUT2D eigenvalue weighted by Gasteiger charge is 2.35. The Morgan fingerprint density at radius 1 is 1.30 bits per heavy atom. The molecule has 0 bridgehead atoms. The standard InChI is InChI=1S/C18H24N4O4.C2H4O2/c1-26-16-5-3-11(17(24)19-6-7-23)9-15(16)22-18(25)12-2-4-13-14(8-12)21-10-20-13;1-2(3)4/h2,4,8,10-11,15-16,23H,3,5-7,9H2,1H3,(H,19,24)(H,20,21)(H,22,25);1H3,(H,3,4)/t11-,15+,16+;/m0./s1. The zero-order valence-electron chi connectivity index (χ0n) is 17.1. The Balaban J connectivity index is 0.000000735. The van der Waals surface area contributed by atoms with Crippen LogP contribution in [0.5, 0.6) is 0 Å². The maximum absolute atomic E-state index is 12.7. The lowest BCUT2D eigenvalue weighted by Gasteiger charge is -2.35. The summed E-state index contributed by atoms with van der Waals surface area (Å²) in [5, 5.41) is 22.0. The molecule has 3 atom stereocenters.